The molecule has 0 saturated heterocycles. The van der Waals surface area contributed by atoms with E-state index < -0.39 is 0 Å². The minimum Gasteiger partial charge on any atom is -0.496 e. The summed E-state index contributed by atoms with van der Waals surface area (Å²) in [7, 11) is 3.38. The van der Waals surface area contributed by atoms with Gasteiger partial charge in [-0.2, -0.15) is 0 Å². The molecule has 17 heavy (non-hydrogen) atoms. The second-order valence-electron chi connectivity index (χ2n) is 4.14. The molecule has 0 aromatic heterocycles. The first-order valence-corrected chi connectivity index (χ1v) is 6.46. The highest BCUT2D eigenvalue weighted by molar-refractivity contribution is 9.10. The molecule has 2 unspecified atom stereocenters. The monoisotopic (exact) mass is 301 g/mol. The zero-order valence-corrected chi connectivity index (χ0v) is 12.4. The lowest BCUT2D eigenvalue weighted by molar-refractivity contribution is 0.167. The molecule has 1 aromatic rings. The van der Waals surface area contributed by atoms with Gasteiger partial charge in [-0.05, 0) is 47.5 Å². The van der Waals surface area contributed by atoms with Crippen molar-refractivity contribution in [2.24, 2.45) is 0 Å². The van der Waals surface area contributed by atoms with Crippen LogP contribution >= 0.6 is 15.9 Å². The smallest absolute Gasteiger partial charge is 0.133 e. The van der Waals surface area contributed by atoms with Crippen molar-refractivity contribution in [3.63, 3.8) is 0 Å². The SMILES string of the molecule is COCC(C)NC(C)c1ccc(OC)c(Br)c1. The summed E-state index contributed by atoms with van der Waals surface area (Å²) in [4.78, 5) is 0. The maximum absolute atomic E-state index is 5.21. The minimum absolute atomic E-state index is 0.280. The summed E-state index contributed by atoms with van der Waals surface area (Å²) < 4.78 is 11.3. The van der Waals surface area contributed by atoms with Gasteiger partial charge in [0.2, 0.25) is 0 Å². The number of hydrogen-bond donors (Lipinski definition) is 1. The summed E-state index contributed by atoms with van der Waals surface area (Å²) >= 11 is 3.50. The van der Waals surface area contributed by atoms with E-state index in [2.05, 4.69) is 47.2 Å². The van der Waals surface area contributed by atoms with Gasteiger partial charge in [-0.25, -0.2) is 0 Å². The van der Waals surface area contributed by atoms with Crippen LogP contribution in [0.1, 0.15) is 25.5 Å². The molecule has 2 atom stereocenters. The zero-order valence-electron chi connectivity index (χ0n) is 10.8. The molecule has 96 valence electrons. The Labute approximate surface area is 112 Å². The lowest BCUT2D eigenvalue weighted by atomic mass is 10.1. The van der Waals surface area contributed by atoms with Crippen molar-refractivity contribution in [2.75, 3.05) is 20.8 Å². The lowest BCUT2D eigenvalue weighted by Gasteiger charge is -2.20. The molecule has 0 radical (unpaired) electrons. The van der Waals surface area contributed by atoms with Crippen molar-refractivity contribution in [1.82, 2.24) is 5.32 Å². The summed E-state index contributed by atoms with van der Waals surface area (Å²) in [5, 5.41) is 3.48. The third-order valence-corrected chi connectivity index (χ3v) is 3.25. The minimum atomic E-state index is 0.280. The van der Waals surface area contributed by atoms with Gasteiger partial charge in [-0.3, -0.25) is 0 Å². The molecule has 1 rings (SSSR count). The Morgan fingerprint density at radius 1 is 1.29 bits per heavy atom. The third-order valence-electron chi connectivity index (χ3n) is 2.63. The average Bonchev–Trinajstić information content (AvgIpc) is 2.29. The number of nitrogens with one attached hydrogen (secondary N) is 1. The van der Waals surface area contributed by atoms with Gasteiger partial charge in [0.15, 0.2) is 0 Å². The fourth-order valence-electron chi connectivity index (χ4n) is 1.77. The van der Waals surface area contributed by atoms with Crippen LogP contribution in [0.25, 0.3) is 0 Å². The van der Waals surface area contributed by atoms with Crippen molar-refractivity contribution >= 4 is 15.9 Å². The number of halogens is 1. The van der Waals surface area contributed by atoms with Crippen molar-refractivity contribution in [3.8, 4) is 5.75 Å². The van der Waals surface area contributed by atoms with Crippen LogP contribution in [0.2, 0.25) is 0 Å². The number of benzene rings is 1. The average molecular weight is 302 g/mol. The molecular formula is C13H20BrNO2. The second kappa shape index (κ2) is 6.99. The van der Waals surface area contributed by atoms with Crippen molar-refractivity contribution < 1.29 is 9.47 Å². The van der Waals surface area contributed by atoms with Crippen molar-refractivity contribution in [2.45, 2.75) is 25.9 Å². The number of ether oxygens (including phenoxy) is 2. The van der Waals surface area contributed by atoms with E-state index in [0.717, 1.165) is 10.2 Å². The number of rotatable bonds is 6. The highest BCUT2D eigenvalue weighted by Crippen LogP contribution is 2.28. The van der Waals surface area contributed by atoms with Gasteiger partial charge in [-0.1, -0.05) is 6.07 Å². The van der Waals surface area contributed by atoms with Crippen LogP contribution in [-0.2, 0) is 4.74 Å². The van der Waals surface area contributed by atoms with E-state index in [1.807, 2.05) is 6.07 Å². The Kier molecular flexibility index (Phi) is 5.95. The van der Waals surface area contributed by atoms with Crippen LogP contribution in [-0.4, -0.2) is 26.9 Å². The van der Waals surface area contributed by atoms with Gasteiger partial charge in [0.25, 0.3) is 0 Å². The molecule has 0 aliphatic rings. The van der Waals surface area contributed by atoms with E-state index in [-0.39, 0.29) is 6.04 Å². The highest BCUT2D eigenvalue weighted by atomic mass is 79.9. The third kappa shape index (κ3) is 4.30. The second-order valence-corrected chi connectivity index (χ2v) is 4.99. The van der Waals surface area contributed by atoms with Crippen LogP contribution in [0.15, 0.2) is 22.7 Å². The lowest BCUT2D eigenvalue weighted by Crippen LogP contribution is -2.32. The maximum atomic E-state index is 5.21. The van der Waals surface area contributed by atoms with E-state index in [0.29, 0.717) is 12.6 Å². The quantitative estimate of drug-likeness (QED) is 0.875. The molecule has 0 bridgehead atoms. The van der Waals surface area contributed by atoms with Gasteiger partial charge in [-0.15, -0.1) is 0 Å². The van der Waals surface area contributed by atoms with Crippen molar-refractivity contribution in [1.29, 1.82) is 0 Å². The predicted molar refractivity (Wildman–Crippen MR) is 73.6 cm³/mol. The largest absolute Gasteiger partial charge is 0.496 e. The van der Waals surface area contributed by atoms with Gasteiger partial charge < -0.3 is 14.8 Å². The normalized spacial score (nSPS) is 14.4. The molecule has 3 nitrogen and oxygen atoms in total. The van der Waals surface area contributed by atoms with Crippen LogP contribution in [0, 0.1) is 0 Å². The topological polar surface area (TPSA) is 30.5 Å². The first kappa shape index (κ1) is 14.5. The van der Waals surface area contributed by atoms with Crippen LogP contribution < -0.4 is 10.1 Å². The Balaban J connectivity index is 2.69. The predicted octanol–water partition coefficient (Wildman–Crippen LogP) is 3.14. The Morgan fingerprint density at radius 2 is 2.00 bits per heavy atom. The molecule has 0 amide bonds. The van der Waals surface area contributed by atoms with Gasteiger partial charge in [0.05, 0.1) is 18.2 Å². The standard InChI is InChI=1S/C13H20BrNO2/c1-9(8-16-3)15-10(2)11-5-6-13(17-4)12(14)7-11/h5-7,9-10,15H,8H2,1-4H3. The summed E-state index contributed by atoms with van der Waals surface area (Å²) in [6, 6.07) is 6.73. The van der Waals surface area contributed by atoms with E-state index in [9.17, 15) is 0 Å². The zero-order chi connectivity index (χ0) is 12.8. The van der Waals surface area contributed by atoms with Gasteiger partial charge >= 0.3 is 0 Å². The number of hydrogen-bond acceptors (Lipinski definition) is 3. The summed E-state index contributed by atoms with van der Waals surface area (Å²) in [6.07, 6.45) is 0. The van der Waals surface area contributed by atoms with Crippen LogP contribution in [0.4, 0.5) is 0 Å². The molecule has 0 aliphatic carbocycles. The van der Waals surface area contributed by atoms with Crippen LogP contribution in [0.3, 0.4) is 0 Å². The molecule has 0 aliphatic heterocycles. The molecule has 1 aromatic carbocycles. The molecule has 0 fully saturated rings. The van der Waals surface area contributed by atoms with E-state index >= 15 is 0 Å². The fourth-order valence-corrected chi connectivity index (χ4v) is 2.33. The molecule has 0 saturated carbocycles. The highest BCUT2D eigenvalue weighted by Gasteiger charge is 2.11. The Bertz CT molecular complexity index is 357. The molecular weight excluding hydrogens is 282 g/mol. The Hall–Kier alpha value is -0.580. The number of methoxy groups -OCH3 is 2. The first-order valence-electron chi connectivity index (χ1n) is 5.67. The molecule has 1 N–H and O–H groups in total. The summed E-state index contributed by atoms with van der Waals surface area (Å²) in [6.45, 7) is 4.96. The van der Waals surface area contributed by atoms with E-state index in [1.54, 1.807) is 14.2 Å². The molecule has 4 heteroatoms. The summed E-state index contributed by atoms with van der Waals surface area (Å²) in [5.41, 5.74) is 1.22. The molecule has 0 spiro atoms. The van der Waals surface area contributed by atoms with E-state index in [1.165, 1.54) is 5.56 Å². The van der Waals surface area contributed by atoms with Crippen molar-refractivity contribution in [3.05, 3.63) is 28.2 Å². The fraction of sp³-hybridized carbons (Fsp3) is 0.538. The summed E-state index contributed by atoms with van der Waals surface area (Å²) in [5.74, 6) is 0.853. The molecule has 0 heterocycles. The van der Waals surface area contributed by atoms with Gasteiger partial charge in [0, 0.05) is 19.2 Å². The maximum Gasteiger partial charge on any atom is 0.133 e. The van der Waals surface area contributed by atoms with Gasteiger partial charge in [0.1, 0.15) is 5.75 Å². The first-order chi connectivity index (χ1) is 8.08. The van der Waals surface area contributed by atoms with E-state index in [4.69, 9.17) is 9.47 Å². The Morgan fingerprint density at radius 3 is 2.53 bits per heavy atom. The van der Waals surface area contributed by atoms with Crippen LogP contribution in [0.5, 0.6) is 5.75 Å².